The molecule has 0 radical (unpaired) electrons. The number of rotatable bonds is 7. The highest BCUT2D eigenvalue weighted by atomic mass is 16.6. The minimum absolute atomic E-state index is 0.0113. The summed E-state index contributed by atoms with van der Waals surface area (Å²) in [6.45, 7) is 6.85. The standard InChI is InChI=1S/C21H28N2O5/c1-12(2)28-21(25)18-14(4)23-13(3)17(20(24)27-10-9-26-5)19(18)15-7-6-8-16(22)11-15/h6-8,11-12,19,23H,9-10,22H2,1-5H3/i7D,8D,11D. The first-order valence-corrected chi connectivity index (χ1v) is 8.92. The number of ether oxygens (including phenoxy) is 3. The fourth-order valence-corrected chi connectivity index (χ4v) is 2.96. The third-order valence-corrected chi connectivity index (χ3v) is 4.08. The monoisotopic (exact) mass is 391 g/mol. The Labute approximate surface area is 169 Å². The molecular weight excluding hydrogens is 360 g/mol. The molecule has 0 saturated heterocycles. The molecule has 1 aromatic rings. The molecule has 3 N–H and O–H groups in total. The van der Waals surface area contributed by atoms with Crippen LogP contribution in [0, 0.1) is 0 Å². The van der Waals surface area contributed by atoms with E-state index in [4.69, 9.17) is 24.1 Å². The van der Waals surface area contributed by atoms with Crippen molar-refractivity contribution >= 4 is 17.6 Å². The van der Waals surface area contributed by atoms with Crippen molar-refractivity contribution in [1.82, 2.24) is 5.32 Å². The summed E-state index contributed by atoms with van der Waals surface area (Å²) in [5.74, 6) is -2.53. The van der Waals surface area contributed by atoms with Gasteiger partial charge in [-0.3, -0.25) is 0 Å². The predicted octanol–water partition coefficient (Wildman–Crippen LogP) is 2.64. The van der Waals surface area contributed by atoms with Crippen LogP contribution >= 0.6 is 0 Å². The number of nitrogen functional groups attached to an aromatic ring is 1. The van der Waals surface area contributed by atoms with Crippen LogP contribution < -0.4 is 11.1 Å². The fourth-order valence-electron chi connectivity index (χ4n) is 2.96. The first-order chi connectivity index (χ1) is 14.5. The highest BCUT2D eigenvalue weighted by molar-refractivity contribution is 6.00. The van der Waals surface area contributed by atoms with Gasteiger partial charge in [0.05, 0.1) is 33.9 Å². The average Bonchev–Trinajstić information content (AvgIpc) is 2.65. The zero-order valence-corrected chi connectivity index (χ0v) is 16.8. The molecule has 7 nitrogen and oxygen atoms in total. The molecule has 1 heterocycles. The Morgan fingerprint density at radius 1 is 1.18 bits per heavy atom. The number of esters is 2. The molecule has 28 heavy (non-hydrogen) atoms. The topological polar surface area (TPSA) is 99.9 Å². The SMILES string of the molecule is [2H]c1cc([2H])c(C2C(C(=O)OCCOC)=C(C)NC(C)=C2C(=O)OC(C)C)c([2H])c1N. The lowest BCUT2D eigenvalue weighted by molar-refractivity contribution is -0.143. The molecule has 1 aliphatic heterocycles. The molecule has 1 aromatic carbocycles. The van der Waals surface area contributed by atoms with Crippen molar-refractivity contribution < 1.29 is 27.9 Å². The molecule has 0 aliphatic carbocycles. The number of allylic oxidation sites excluding steroid dienone is 2. The number of anilines is 1. The van der Waals surface area contributed by atoms with Gasteiger partial charge in [0.1, 0.15) is 6.61 Å². The molecule has 0 amide bonds. The van der Waals surface area contributed by atoms with Gasteiger partial charge < -0.3 is 25.3 Å². The first kappa shape index (κ1) is 17.3. The Morgan fingerprint density at radius 3 is 2.43 bits per heavy atom. The molecule has 0 saturated carbocycles. The van der Waals surface area contributed by atoms with Gasteiger partial charge in [0.15, 0.2) is 0 Å². The van der Waals surface area contributed by atoms with Gasteiger partial charge in [-0.15, -0.1) is 0 Å². The molecule has 2 rings (SSSR count). The maximum atomic E-state index is 13.0. The maximum Gasteiger partial charge on any atom is 0.337 e. The van der Waals surface area contributed by atoms with E-state index in [1.54, 1.807) is 27.7 Å². The quantitative estimate of drug-likeness (QED) is 0.419. The van der Waals surface area contributed by atoms with Crippen LogP contribution in [-0.4, -0.2) is 38.4 Å². The van der Waals surface area contributed by atoms with Gasteiger partial charge in [0, 0.05) is 24.2 Å². The third-order valence-electron chi connectivity index (χ3n) is 4.08. The molecule has 0 spiro atoms. The highest BCUT2D eigenvalue weighted by Crippen LogP contribution is 2.39. The summed E-state index contributed by atoms with van der Waals surface area (Å²) >= 11 is 0. The van der Waals surface area contributed by atoms with Gasteiger partial charge in [-0.25, -0.2) is 9.59 Å². The summed E-state index contributed by atoms with van der Waals surface area (Å²) in [6.07, 6.45) is -0.427. The van der Waals surface area contributed by atoms with Crippen LogP contribution in [0.5, 0.6) is 0 Å². The number of carbonyl (C=O) groups excluding carboxylic acids is 2. The minimum atomic E-state index is -1.12. The van der Waals surface area contributed by atoms with Gasteiger partial charge in [-0.05, 0) is 45.3 Å². The zero-order chi connectivity index (χ0) is 23.5. The Kier molecular flexibility index (Phi) is 5.82. The van der Waals surface area contributed by atoms with Crippen LogP contribution in [0.3, 0.4) is 0 Å². The lowest BCUT2D eigenvalue weighted by atomic mass is 9.80. The van der Waals surface area contributed by atoms with E-state index in [0.29, 0.717) is 11.4 Å². The maximum absolute atomic E-state index is 13.0. The van der Waals surface area contributed by atoms with Gasteiger partial charge in [-0.2, -0.15) is 0 Å². The second-order valence-electron chi connectivity index (χ2n) is 6.60. The molecule has 0 fully saturated rings. The van der Waals surface area contributed by atoms with Crippen molar-refractivity contribution in [3.05, 3.63) is 52.3 Å². The van der Waals surface area contributed by atoms with Crippen molar-refractivity contribution in [2.24, 2.45) is 0 Å². The van der Waals surface area contributed by atoms with Crippen molar-refractivity contribution in [1.29, 1.82) is 0 Å². The highest BCUT2D eigenvalue weighted by Gasteiger charge is 2.38. The van der Waals surface area contributed by atoms with Gasteiger partial charge in [0.2, 0.25) is 0 Å². The molecule has 7 heteroatoms. The lowest BCUT2D eigenvalue weighted by Gasteiger charge is -2.31. The Bertz CT molecular complexity index is 957. The van der Waals surface area contributed by atoms with E-state index in [-0.39, 0.29) is 53.7 Å². The predicted molar refractivity (Wildman–Crippen MR) is 106 cm³/mol. The van der Waals surface area contributed by atoms with Crippen LogP contribution in [0.25, 0.3) is 0 Å². The smallest absolute Gasteiger partial charge is 0.337 e. The summed E-state index contributed by atoms with van der Waals surface area (Å²) < 4.78 is 40.3. The van der Waals surface area contributed by atoms with E-state index in [1.165, 1.54) is 13.2 Å². The number of dihydropyridines is 1. The van der Waals surface area contributed by atoms with Crippen LogP contribution in [-0.2, 0) is 23.8 Å². The number of benzene rings is 1. The Hall–Kier alpha value is -2.80. The van der Waals surface area contributed by atoms with Crippen LogP contribution in [0.15, 0.2) is 46.7 Å². The molecule has 0 bridgehead atoms. The molecule has 152 valence electrons. The number of carbonyl (C=O) groups is 2. The molecule has 1 unspecified atom stereocenters. The largest absolute Gasteiger partial charge is 0.460 e. The van der Waals surface area contributed by atoms with E-state index in [0.717, 1.165) is 0 Å². The van der Waals surface area contributed by atoms with Crippen LogP contribution in [0.2, 0.25) is 0 Å². The van der Waals surface area contributed by atoms with E-state index < -0.39 is 24.0 Å². The Morgan fingerprint density at radius 2 is 1.82 bits per heavy atom. The fraction of sp³-hybridized carbons (Fsp3) is 0.429. The van der Waals surface area contributed by atoms with Gasteiger partial charge in [-0.1, -0.05) is 12.1 Å². The summed E-state index contributed by atoms with van der Waals surface area (Å²) in [5.41, 5.74) is 6.76. The third kappa shape index (κ3) is 4.92. The lowest BCUT2D eigenvalue weighted by Crippen LogP contribution is -2.33. The Balaban J connectivity index is 2.74. The number of nitrogens with two attached hydrogens (primary N) is 1. The van der Waals surface area contributed by atoms with Gasteiger partial charge >= 0.3 is 11.9 Å². The first-order valence-electron chi connectivity index (χ1n) is 10.4. The summed E-state index contributed by atoms with van der Waals surface area (Å²) in [4.78, 5) is 26.0. The van der Waals surface area contributed by atoms with Crippen molar-refractivity contribution in [2.45, 2.75) is 39.7 Å². The number of hydrogen-bond donors (Lipinski definition) is 2. The number of methoxy groups -OCH3 is 1. The van der Waals surface area contributed by atoms with Crippen LogP contribution in [0.1, 0.15) is 43.3 Å². The average molecular weight is 391 g/mol. The van der Waals surface area contributed by atoms with Crippen molar-refractivity contribution in [3.8, 4) is 0 Å². The molecule has 1 aliphatic rings. The number of nitrogens with one attached hydrogen (secondary N) is 1. The normalized spacial score (nSPS) is 18.4. The van der Waals surface area contributed by atoms with E-state index in [1.807, 2.05) is 0 Å². The van der Waals surface area contributed by atoms with E-state index in [9.17, 15) is 9.59 Å². The van der Waals surface area contributed by atoms with E-state index in [2.05, 4.69) is 5.32 Å². The second kappa shape index (κ2) is 9.41. The van der Waals surface area contributed by atoms with Crippen molar-refractivity contribution in [2.75, 3.05) is 26.1 Å². The molecule has 1 atom stereocenters. The van der Waals surface area contributed by atoms with Gasteiger partial charge in [0.25, 0.3) is 0 Å². The zero-order valence-electron chi connectivity index (χ0n) is 19.8. The minimum Gasteiger partial charge on any atom is -0.460 e. The molecule has 0 aromatic heterocycles. The number of hydrogen-bond acceptors (Lipinski definition) is 7. The summed E-state index contributed by atoms with van der Waals surface area (Å²) in [7, 11) is 1.47. The molecular formula is C21H28N2O5. The van der Waals surface area contributed by atoms with Crippen molar-refractivity contribution in [3.63, 3.8) is 0 Å². The van der Waals surface area contributed by atoms with Crippen LogP contribution in [0.4, 0.5) is 5.69 Å². The second-order valence-corrected chi connectivity index (χ2v) is 6.60. The van der Waals surface area contributed by atoms with E-state index >= 15 is 0 Å². The summed E-state index contributed by atoms with van der Waals surface area (Å²) in [6, 6.07) is 0.537. The summed E-state index contributed by atoms with van der Waals surface area (Å²) in [5, 5.41) is 3.01.